The summed E-state index contributed by atoms with van der Waals surface area (Å²) in [4.78, 5) is 37.6. The molecule has 3 aliphatic heterocycles. The van der Waals surface area contributed by atoms with Gasteiger partial charge in [0.25, 0.3) is 0 Å². The maximum atomic E-state index is 13.1. The summed E-state index contributed by atoms with van der Waals surface area (Å²) in [5, 5.41) is 0. The van der Waals surface area contributed by atoms with E-state index in [1.807, 2.05) is 6.92 Å². The smallest absolute Gasteiger partial charge is 0.331 e. The Morgan fingerprint density at radius 2 is 1.85 bits per heavy atom. The van der Waals surface area contributed by atoms with Gasteiger partial charge in [0.05, 0.1) is 30.8 Å². The summed E-state index contributed by atoms with van der Waals surface area (Å²) in [6, 6.07) is 0. The molecule has 218 valence electrons. The standard InChI is InChI=1S/C31H40O9/c1-19-10-12-30-17-36-28(34)15-20(2)11-13-35-23(21(3)38-22(4)32)8-6-7-9-27(33)40-24-16-26(39-25(30)14-19)31(18-37-31)29(24,30)5/h6-9,14-15,21,23-26H,10-13,16-18H2,1-5H3/b8-6+,9-7-,20-15-/t21?,23?,24-,25-,26?,29?,30-,31+/m1/s1. The van der Waals surface area contributed by atoms with Gasteiger partial charge in [0.1, 0.15) is 30.5 Å². The van der Waals surface area contributed by atoms with Crippen LogP contribution in [0.15, 0.2) is 47.6 Å². The molecule has 2 spiro atoms. The first-order valence-electron chi connectivity index (χ1n) is 14.2. The average Bonchev–Trinajstić information content (AvgIpc) is 3.66. The van der Waals surface area contributed by atoms with Gasteiger partial charge in [0, 0.05) is 30.9 Å². The molecule has 3 fully saturated rings. The molecule has 0 aromatic heterocycles. The van der Waals surface area contributed by atoms with Crippen LogP contribution in [0.2, 0.25) is 0 Å². The summed E-state index contributed by atoms with van der Waals surface area (Å²) in [5.41, 5.74) is 0.234. The summed E-state index contributed by atoms with van der Waals surface area (Å²) >= 11 is 0. The minimum atomic E-state index is -0.618. The Bertz CT molecular complexity index is 1160. The number of carbonyl (C=O) groups excluding carboxylic acids is 3. The predicted molar refractivity (Wildman–Crippen MR) is 144 cm³/mol. The van der Waals surface area contributed by atoms with Gasteiger partial charge < -0.3 is 28.4 Å². The highest BCUT2D eigenvalue weighted by atomic mass is 16.6. The van der Waals surface area contributed by atoms with E-state index in [2.05, 4.69) is 19.9 Å². The van der Waals surface area contributed by atoms with E-state index < -0.39 is 52.7 Å². The van der Waals surface area contributed by atoms with Crippen molar-refractivity contribution in [2.24, 2.45) is 10.8 Å². The molecule has 40 heavy (non-hydrogen) atoms. The highest BCUT2D eigenvalue weighted by Crippen LogP contribution is 2.72. The van der Waals surface area contributed by atoms with Crippen molar-refractivity contribution in [2.45, 2.75) is 96.4 Å². The minimum Gasteiger partial charge on any atom is -0.462 e. The molecule has 3 heterocycles. The number of cyclic esters (lactones) is 1. The molecule has 5 aliphatic rings. The number of hydrogen-bond acceptors (Lipinski definition) is 9. The van der Waals surface area contributed by atoms with Gasteiger partial charge in [-0.05, 0) is 40.0 Å². The average molecular weight is 557 g/mol. The second-order valence-electron chi connectivity index (χ2n) is 12.0. The first kappa shape index (κ1) is 28.8. The SMILES string of the molecule is CC(=O)OC(C)C1/C=C/C=C\C(=O)O[C@@H]2CC3O[C@@H]4C=C(C)CC[C@]4(COC(=O)/C=C(/C)CCO1)C2(C)[C@]31CO1. The Labute approximate surface area is 235 Å². The van der Waals surface area contributed by atoms with Gasteiger partial charge >= 0.3 is 17.9 Å². The number of carbonyl (C=O) groups is 3. The van der Waals surface area contributed by atoms with Crippen LogP contribution in [-0.4, -0.2) is 73.8 Å². The van der Waals surface area contributed by atoms with E-state index in [0.717, 1.165) is 18.4 Å². The molecule has 0 aromatic carbocycles. The van der Waals surface area contributed by atoms with E-state index >= 15 is 0 Å². The van der Waals surface area contributed by atoms with Crippen LogP contribution in [0.4, 0.5) is 0 Å². The third-order valence-electron chi connectivity index (χ3n) is 9.58. The van der Waals surface area contributed by atoms with Crippen LogP contribution >= 0.6 is 0 Å². The van der Waals surface area contributed by atoms with Crippen LogP contribution in [0.5, 0.6) is 0 Å². The number of epoxide rings is 1. The minimum absolute atomic E-state index is 0.128. The van der Waals surface area contributed by atoms with Crippen LogP contribution < -0.4 is 0 Å². The summed E-state index contributed by atoms with van der Waals surface area (Å²) in [7, 11) is 0. The van der Waals surface area contributed by atoms with Gasteiger partial charge in [0.15, 0.2) is 0 Å². The Kier molecular flexibility index (Phi) is 7.85. The fourth-order valence-electron chi connectivity index (χ4n) is 7.17. The van der Waals surface area contributed by atoms with Gasteiger partial charge in [-0.15, -0.1) is 0 Å². The van der Waals surface area contributed by atoms with Crippen molar-refractivity contribution in [1.29, 1.82) is 0 Å². The molecule has 2 aliphatic carbocycles. The quantitative estimate of drug-likeness (QED) is 0.216. The van der Waals surface area contributed by atoms with E-state index in [-0.39, 0.29) is 18.8 Å². The molecule has 5 rings (SSSR count). The third-order valence-corrected chi connectivity index (χ3v) is 9.58. The van der Waals surface area contributed by atoms with Crippen molar-refractivity contribution in [3.63, 3.8) is 0 Å². The molecule has 2 saturated heterocycles. The molecule has 2 bridgehead atoms. The van der Waals surface area contributed by atoms with Crippen molar-refractivity contribution in [1.82, 2.24) is 0 Å². The Morgan fingerprint density at radius 1 is 1.07 bits per heavy atom. The van der Waals surface area contributed by atoms with Crippen molar-refractivity contribution in [2.75, 3.05) is 19.8 Å². The fraction of sp³-hybridized carbons (Fsp3) is 0.645. The second kappa shape index (κ2) is 10.9. The zero-order valence-electron chi connectivity index (χ0n) is 24.0. The number of ether oxygens (including phenoxy) is 6. The van der Waals surface area contributed by atoms with E-state index in [1.54, 1.807) is 25.2 Å². The van der Waals surface area contributed by atoms with Crippen molar-refractivity contribution in [3.8, 4) is 0 Å². The van der Waals surface area contributed by atoms with Crippen molar-refractivity contribution in [3.05, 3.63) is 47.6 Å². The van der Waals surface area contributed by atoms with Gasteiger partial charge in [-0.1, -0.05) is 42.4 Å². The molecule has 9 nitrogen and oxygen atoms in total. The number of esters is 3. The summed E-state index contributed by atoms with van der Waals surface area (Å²) < 4.78 is 36.1. The summed E-state index contributed by atoms with van der Waals surface area (Å²) in [6.45, 7) is 10.1. The molecule has 1 saturated carbocycles. The highest BCUT2D eigenvalue weighted by molar-refractivity contribution is 5.83. The van der Waals surface area contributed by atoms with Gasteiger partial charge in [0.2, 0.25) is 0 Å². The molecule has 0 amide bonds. The Hall–Kier alpha value is -2.75. The zero-order valence-corrected chi connectivity index (χ0v) is 24.0. The lowest BCUT2D eigenvalue weighted by Gasteiger charge is -2.58. The lowest BCUT2D eigenvalue weighted by atomic mass is 9.51. The van der Waals surface area contributed by atoms with Crippen LogP contribution in [0.25, 0.3) is 0 Å². The Balaban J connectivity index is 1.47. The van der Waals surface area contributed by atoms with E-state index in [0.29, 0.717) is 26.1 Å². The molecule has 0 aromatic rings. The monoisotopic (exact) mass is 556 g/mol. The van der Waals surface area contributed by atoms with Gasteiger partial charge in [-0.3, -0.25) is 4.79 Å². The largest absolute Gasteiger partial charge is 0.462 e. The maximum Gasteiger partial charge on any atom is 0.331 e. The number of hydrogen-bond donors (Lipinski definition) is 0. The van der Waals surface area contributed by atoms with Crippen LogP contribution in [0, 0.1) is 10.8 Å². The molecule has 4 unspecified atom stereocenters. The number of rotatable bonds is 2. The lowest BCUT2D eigenvalue weighted by Crippen LogP contribution is -2.66. The molecular formula is C31H40O9. The van der Waals surface area contributed by atoms with Crippen molar-refractivity contribution >= 4 is 17.9 Å². The third kappa shape index (κ3) is 4.97. The lowest BCUT2D eigenvalue weighted by molar-refractivity contribution is -0.232. The van der Waals surface area contributed by atoms with E-state index in [1.165, 1.54) is 24.6 Å². The predicted octanol–water partition coefficient (Wildman–Crippen LogP) is 3.91. The Morgan fingerprint density at radius 3 is 2.58 bits per heavy atom. The molecule has 9 heteroatoms. The summed E-state index contributed by atoms with van der Waals surface area (Å²) in [6.07, 6.45) is 10.5. The van der Waals surface area contributed by atoms with E-state index in [9.17, 15) is 14.4 Å². The maximum absolute atomic E-state index is 13.1. The molecule has 0 radical (unpaired) electrons. The van der Waals surface area contributed by atoms with Gasteiger partial charge in [-0.2, -0.15) is 0 Å². The topological polar surface area (TPSA) is 110 Å². The first-order valence-corrected chi connectivity index (χ1v) is 14.2. The molecule has 0 N–H and O–H groups in total. The highest BCUT2D eigenvalue weighted by Gasteiger charge is 2.83. The van der Waals surface area contributed by atoms with Crippen molar-refractivity contribution < 1.29 is 42.8 Å². The second-order valence-corrected chi connectivity index (χ2v) is 12.0. The molecule has 8 atom stereocenters. The fourth-order valence-corrected chi connectivity index (χ4v) is 7.17. The molecular weight excluding hydrogens is 516 g/mol. The van der Waals surface area contributed by atoms with Crippen LogP contribution in [0.1, 0.15) is 60.3 Å². The van der Waals surface area contributed by atoms with Crippen LogP contribution in [-0.2, 0) is 42.8 Å². The summed E-state index contributed by atoms with van der Waals surface area (Å²) in [5.74, 6) is -1.33. The van der Waals surface area contributed by atoms with Gasteiger partial charge in [-0.25, -0.2) is 9.59 Å². The zero-order chi connectivity index (χ0) is 28.7. The first-order chi connectivity index (χ1) is 19.0. The number of allylic oxidation sites excluding steroid dienone is 3. The van der Waals surface area contributed by atoms with Crippen LogP contribution in [0.3, 0.4) is 0 Å². The normalized spacial score (nSPS) is 43.4. The van der Waals surface area contributed by atoms with E-state index in [4.69, 9.17) is 28.4 Å².